The Morgan fingerprint density at radius 1 is 1.27 bits per heavy atom. The Morgan fingerprint density at radius 2 is 1.87 bits per heavy atom. The summed E-state index contributed by atoms with van der Waals surface area (Å²) in [4.78, 5) is 0. The normalized spacial score (nSPS) is 12.5. The highest BCUT2D eigenvalue weighted by Crippen LogP contribution is 2.22. The number of nitrogens with one attached hydrogen (secondary N) is 1. The van der Waals surface area contributed by atoms with Crippen LogP contribution in [-0.4, -0.2) is 24.3 Å². The van der Waals surface area contributed by atoms with E-state index >= 15 is 0 Å². The van der Waals surface area contributed by atoms with Crippen molar-refractivity contribution in [2.45, 2.75) is 12.5 Å². The molecule has 0 aliphatic carbocycles. The summed E-state index contributed by atoms with van der Waals surface area (Å²) in [6.45, 7) is 0.910. The van der Waals surface area contributed by atoms with Gasteiger partial charge < -0.3 is 16.2 Å². The van der Waals surface area contributed by atoms with Gasteiger partial charge >= 0.3 is 0 Å². The third-order valence-electron chi connectivity index (χ3n) is 1.90. The molecule has 1 atom stereocenters. The number of hydrogen-bond donors (Lipinski definition) is 3. The van der Waals surface area contributed by atoms with Crippen molar-refractivity contribution in [1.29, 1.82) is 0 Å². The molecule has 1 aromatic carbocycles. The van der Waals surface area contributed by atoms with Crippen molar-refractivity contribution in [3.05, 3.63) is 28.2 Å². The summed E-state index contributed by atoms with van der Waals surface area (Å²) in [6, 6.07) is 5.16. The van der Waals surface area contributed by atoms with Crippen molar-refractivity contribution >= 4 is 28.9 Å². The third-order valence-corrected chi connectivity index (χ3v) is 2.34. The Morgan fingerprint density at radius 3 is 2.40 bits per heavy atom. The van der Waals surface area contributed by atoms with E-state index in [-0.39, 0.29) is 0 Å². The van der Waals surface area contributed by atoms with Crippen molar-refractivity contribution in [2.75, 3.05) is 18.4 Å². The Bertz CT molecular complexity index is 300. The molecule has 1 aromatic rings. The standard InChI is InChI=1S/C10H14Cl2N2O/c11-7-3-8(12)5-9(4-7)14-6-10(15)1-2-13/h3-5,10,14-15H,1-2,6,13H2. The minimum Gasteiger partial charge on any atom is -0.391 e. The van der Waals surface area contributed by atoms with Gasteiger partial charge in [0.15, 0.2) is 0 Å². The zero-order valence-electron chi connectivity index (χ0n) is 8.21. The predicted octanol–water partition coefficient (Wildman–Crippen LogP) is 2.11. The second-order valence-corrected chi connectivity index (χ2v) is 4.14. The second-order valence-electron chi connectivity index (χ2n) is 3.27. The van der Waals surface area contributed by atoms with Gasteiger partial charge in [-0.05, 0) is 31.2 Å². The van der Waals surface area contributed by atoms with Crippen LogP contribution in [0.4, 0.5) is 5.69 Å². The van der Waals surface area contributed by atoms with Crippen LogP contribution in [0.5, 0.6) is 0 Å². The van der Waals surface area contributed by atoms with E-state index in [9.17, 15) is 5.11 Å². The molecule has 0 aliphatic rings. The van der Waals surface area contributed by atoms with Gasteiger partial charge in [-0.2, -0.15) is 0 Å². The van der Waals surface area contributed by atoms with Gasteiger partial charge in [-0.1, -0.05) is 23.2 Å². The average Bonchev–Trinajstić information content (AvgIpc) is 2.14. The van der Waals surface area contributed by atoms with Crippen LogP contribution in [0.1, 0.15) is 6.42 Å². The molecule has 0 fully saturated rings. The summed E-state index contributed by atoms with van der Waals surface area (Å²) in [7, 11) is 0. The predicted molar refractivity (Wildman–Crippen MR) is 64.6 cm³/mol. The van der Waals surface area contributed by atoms with E-state index in [4.69, 9.17) is 28.9 Å². The quantitative estimate of drug-likeness (QED) is 0.749. The molecular weight excluding hydrogens is 235 g/mol. The van der Waals surface area contributed by atoms with Crippen LogP contribution in [0.2, 0.25) is 10.0 Å². The molecule has 0 saturated heterocycles. The zero-order valence-corrected chi connectivity index (χ0v) is 9.72. The maximum absolute atomic E-state index is 9.44. The second kappa shape index (κ2) is 6.18. The minimum absolute atomic E-state index is 0.438. The van der Waals surface area contributed by atoms with Crippen molar-refractivity contribution in [3.8, 4) is 0 Å². The van der Waals surface area contributed by atoms with Crippen LogP contribution in [0.25, 0.3) is 0 Å². The van der Waals surface area contributed by atoms with Crippen LogP contribution in [0.3, 0.4) is 0 Å². The fraction of sp³-hybridized carbons (Fsp3) is 0.400. The van der Waals surface area contributed by atoms with Crippen LogP contribution >= 0.6 is 23.2 Å². The first-order valence-electron chi connectivity index (χ1n) is 4.70. The Hall–Kier alpha value is -0.480. The lowest BCUT2D eigenvalue weighted by molar-refractivity contribution is 0.180. The number of aliphatic hydroxyl groups excluding tert-OH is 1. The fourth-order valence-electron chi connectivity index (χ4n) is 1.19. The van der Waals surface area contributed by atoms with E-state index in [2.05, 4.69) is 5.32 Å². The summed E-state index contributed by atoms with van der Waals surface area (Å²) in [6.07, 6.45) is 0.120. The SMILES string of the molecule is NCCC(O)CNc1cc(Cl)cc(Cl)c1. The summed E-state index contributed by atoms with van der Waals surface area (Å²) in [5, 5.41) is 13.6. The monoisotopic (exact) mass is 248 g/mol. The first kappa shape index (κ1) is 12.6. The fourth-order valence-corrected chi connectivity index (χ4v) is 1.71. The van der Waals surface area contributed by atoms with Gasteiger partial charge in [0.1, 0.15) is 0 Å². The van der Waals surface area contributed by atoms with E-state index in [1.165, 1.54) is 0 Å². The smallest absolute Gasteiger partial charge is 0.0724 e. The van der Waals surface area contributed by atoms with E-state index in [1.54, 1.807) is 18.2 Å². The first-order valence-corrected chi connectivity index (χ1v) is 5.45. The van der Waals surface area contributed by atoms with Gasteiger partial charge in [-0.3, -0.25) is 0 Å². The molecule has 1 rings (SSSR count). The first-order chi connectivity index (χ1) is 7.11. The lowest BCUT2D eigenvalue weighted by Gasteiger charge is -2.12. The highest BCUT2D eigenvalue weighted by Gasteiger charge is 2.03. The van der Waals surface area contributed by atoms with Gasteiger partial charge in [0.25, 0.3) is 0 Å². The minimum atomic E-state index is -0.451. The van der Waals surface area contributed by atoms with Crippen molar-refractivity contribution in [3.63, 3.8) is 0 Å². The van der Waals surface area contributed by atoms with Crippen molar-refractivity contribution in [2.24, 2.45) is 5.73 Å². The number of halogens is 2. The van der Waals surface area contributed by atoms with E-state index in [0.717, 1.165) is 5.69 Å². The lowest BCUT2D eigenvalue weighted by atomic mass is 10.2. The van der Waals surface area contributed by atoms with E-state index < -0.39 is 6.10 Å². The molecule has 0 aromatic heterocycles. The number of rotatable bonds is 5. The molecule has 0 amide bonds. The van der Waals surface area contributed by atoms with Gasteiger partial charge in [0, 0.05) is 22.3 Å². The van der Waals surface area contributed by atoms with Crippen LogP contribution in [-0.2, 0) is 0 Å². The molecular formula is C10H14Cl2N2O. The van der Waals surface area contributed by atoms with Crippen molar-refractivity contribution in [1.82, 2.24) is 0 Å². The third kappa shape index (κ3) is 4.71. The molecule has 1 unspecified atom stereocenters. The molecule has 15 heavy (non-hydrogen) atoms. The highest BCUT2D eigenvalue weighted by atomic mass is 35.5. The summed E-state index contributed by atoms with van der Waals surface area (Å²) >= 11 is 11.6. The van der Waals surface area contributed by atoms with Crippen molar-refractivity contribution < 1.29 is 5.11 Å². The van der Waals surface area contributed by atoms with Gasteiger partial charge in [0.2, 0.25) is 0 Å². The van der Waals surface area contributed by atoms with Crippen LogP contribution in [0, 0.1) is 0 Å². The Kier molecular flexibility index (Phi) is 5.19. The molecule has 0 saturated carbocycles. The lowest BCUT2D eigenvalue weighted by Crippen LogP contribution is -2.22. The van der Waals surface area contributed by atoms with Crippen LogP contribution in [0.15, 0.2) is 18.2 Å². The van der Waals surface area contributed by atoms with Gasteiger partial charge in [0.05, 0.1) is 6.10 Å². The number of benzene rings is 1. The molecule has 0 bridgehead atoms. The van der Waals surface area contributed by atoms with E-state index in [0.29, 0.717) is 29.6 Å². The maximum Gasteiger partial charge on any atom is 0.0724 e. The zero-order chi connectivity index (χ0) is 11.3. The molecule has 0 radical (unpaired) electrons. The highest BCUT2D eigenvalue weighted by molar-refractivity contribution is 6.35. The topological polar surface area (TPSA) is 58.3 Å². The number of aliphatic hydroxyl groups is 1. The molecule has 0 aliphatic heterocycles. The maximum atomic E-state index is 9.44. The molecule has 3 nitrogen and oxygen atoms in total. The molecule has 0 spiro atoms. The summed E-state index contributed by atoms with van der Waals surface area (Å²) in [5.41, 5.74) is 6.11. The molecule has 5 heteroatoms. The Balaban J connectivity index is 2.50. The molecule has 84 valence electrons. The number of anilines is 1. The number of nitrogens with two attached hydrogens (primary N) is 1. The molecule has 0 heterocycles. The molecule has 4 N–H and O–H groups in total. The number of hydrogen-bond acceptors (Lipinski definition) is 3. The summed E-state index contributed by atoms with van der Waals surface area (Å²) < 4.78 is 0. The van der Waals surface area contributed by atoms with Gasteiger partial charge in [-0.15, -0.1) is 0 Å². The van der Waals surface area contributed by atoms with Crippen LogP contribution < -0.4 is 11.1 Å². The average molecular weight is 249 g/mol. The largest absolute Gasteiger partial charge is 0.391 e. The summed E-state index contributed by atoms with van der Waals surface area (Å²) in [5.74, 6) is 0. The van der Waals surface area contributed by atoms with Gasteiger partial charge in [-0.25, -0.2) is 0 Å². The van der Waals surface area contributed by atoms with E-state index in [1.807, 2.05) is 0 Å². The Labute approximate surface area is 99.2 Å².